The lowest BCUT2D eigenvalue weighted by molar-refractivity contribution is -0.117. The number of nitrogens with one attached hydrogen (secondary N) is 1. The molecule has 4 aliphatic carbocycles. The Morgan fingerprint density at radius 2 is 1.84 bits per heavy atom. The fraction of sp³-hybridized carbons (Fsp3) is 0.844. The summed E-state index contributed by atoms with van der Waals surface area (Å²) in [6.07, 6.45) is 10.5. The van der Waals surface area contributed by atoms with Crippen molar-refractivity contribution in [3.05, 3.63) is 11.6 Å². The summed E-state index contributed by atoms with van der Waals surface area (Å²) in [5.41, 5.74) is 2.83. The zero-order valence-electron chi connectivity index (χ0n) is 25.1. The minimum atomic E-state index is -0.334. The molecule has 1 amide bonds. The molecule has 4 aliphatic rings. The lowest BCUT2D eigenvalue weighted by atomic mass is 9.46. The molecule has 6 atom stereocenters. The van der Waals surface area contributed by atoms with Crippen LogP contribution in [0.2, 0.25) is 0 Å². The van der Waals surface area contributed by atoms with E-state index in [9.17, 15) is 9.59 Å². The van der Waals surface area contributed by atoms with Gasteiger partial charge in [-0.15, -0.1) is 0 Å². The third-order valence-electron chi connectivity index (χ3n) is 10.7. The molecule has 214 valence electrons. The molecule has 3 saturated carbocycles. The smallest absolute Gasteiger partial charge is 0.315 e. The fourth-order valence-electron chi connectivity index (χ4n) is 8.78. The largest absolute Gasteiger partial charge is 0.436 e. The number of carbonyl (C=O) groups is 2. The van der Waals surface area contributed by atoms with Crippen LogP contribution < -0.4 is 5.32 Å². The number of allylic oxidation sites excluding steroid dienone is 1. The van der Waals surface area contributed by atoms with Crippen molar-refractivity contribution in [2.75, 3.05) is 26.2 Å². The van der Waals surface area contributed by atoms with Crippen LogP contribution in [0.15, 0.2) is 16.8 Å². The number of fused-ring (bicyclic) bond motifs is 5. The van der Waals surface area contributed by atoms with Gasteiger partial charge in [-0.1, -0.05) is 52.3 Å². The molecule has 0 aromatic rings. The van der Waals surface area contributed by atoms with E-state index in [0.29, 0.717) is 54.9 Å². The number of amides is 1. The van der Waals surface area contributed by atoms with Gasteiger partial charge < -0.3 is 10.2 Å². The summed E-state index contributed by atoms with van der Waals surface area (Å²) in [4.78, 5) is 32.5. The van der Waals surface area contributed by atoms with Crippen molar-refractivity contribution >= 4 is 17.6 Å². The zero-order chi connectivity index (χ0) is 27.7. The highest BCUT2D eigenvalue weighted by molar-refractivity contribution is 5.91. The van der Waals surface area contributed by atoms with E-state index in [1.54, 1.807) is 4.90 Å². The van der Waals surface area contributed by atoms with E-state index < -0.39 is 0 Å². The Morgan fingerprint density at radius 3 is 2.55 bits per heavy atom. The summed E-state index contributed by atoms with van der Waals surface area (Å²) in [6, 6.07) is 0. The summed E-state index contributed by atoms with van der Waals surface area (Å²) >= 11 is 0. The monoisotopic (exact) mass is 527 g/mol. The number of hydrogen-bond donors (Lipinski definition) is 1. The highest BCUT2D eigenvalue weighted by Crippen LogP contribution is 2.66. The van der Waals surface area contributed by atoms with Gasteiger partial charge in [0.2, 0.25) is 0 Å². The van der Waals surface area contributed by atoms with Crippen LogP contribution in [0.5, 0.6) is 0 Å². The maximum Gasteiger partial charge on any atom is 0.436 e. The predicted octanol–water partition coefficient (Wildman–Crippen LogP) is 6.85. The quantitative estimate of drug-likeness (QED) is 0.154. The third kappa shape index (κ3) is 5.90. The standard InChI is InChI=1S/C32H53N3O3/c1-21(2)19-33-16-17-35(20-22(3)4)30(37)38-34-23(5)27-10-11-28-26-9-8-24-18-25(36)12-14-31(24,6)29(26)13-15-32(27,28)7/h18,21-22,26-29,33H,8-17,19-20H2,1-7H3/b34-23+/t26-,27+,28-,29-,31-,32+/m0/s1. The van der Waals surface area contributed by atoms with E-state index in [1.807, 2.05) is 6.08 Å². The Hall–Kier alpha value is -1.69. The first-order chi connectivity index (χ1) is 18.0. The van der Waals surface area contributed by atoms with Crippen molar-refractivity contribution in [1.82, 2.24) is 10.2 Å². The maximum atomic E-state index is 13.0. The summed E-state index contributed by atoms with van der Waals surface area (Å²) in [5.74, 6) is 3.76. The third-order valence-corrected chi connectivity index (χ3v) is 10.7. The molecule has 3 fully saturated rings. The Balaban J connectivity index is 1.40. The van der Waals surface area contributed by atoms with Crippen molar-refractivity contribution in [1.29, 1.82) is 0 Å². The van der Waals surface area contributed by atoms with Gasteiger partial charge >= 0.3 is 6.09 Å². The molecule has 0 aliphatic heterocycles. The number of ketones is 1. The molecule has 4 rings (SSSR count). The average Bonchev–Trinajstić information content (AvgIpc) is 3.21. The van der Waals surface area contributed by atoms with Gasteiger partial charge in [-0.3, -0.25) is 9.63 Å². The fourth-order valence-corrected chi connectivity index (χ4v) is 8.78. The van der Waals surface area contributed by atoms with Gasteiger partial charge in [0.25, 0.3) is 0 Å². The van der Waals surface area contributed by atoms with E-state index in [1.165, 1.54) is 31.3 Å². The highest BCUT2D eigenvalue weighted by atomic mass is 16.7. The second kappa shape index (κ2) is 11.8. The molecule has 0 heterocycles. The Morgan fingerprint density at radius 1 is 1.08 bits per heavy atom. The van der Waals surface area contributed by atoms with Crippen LogP contribution in [0.1, 0.15) is 99.8 Å². The predicted molar refractivity (Wildman–Crippen MR) is 154 cm³/mol. The Bertz CT molecular complexity index is 940. The molecule has 1 N–H and O–H groups in total. The van der Waals surface area contributed by atoms with Crippen LogP contribution in [0.3, 0.4) is 0 Å². The average molecular weight is 528 g/mol. The van der Waals surface area contributed by atoms with Crippen molar-refractivity contribution < 1.29 is 14.4 Å². The minimum Gasteiger partial charge on any atom is -0.315 e. The first-order valence-electron chi connectivity index (χ1n) is 15.4. The van der Waals surface area contributed by atoms with Gasteiger partial charge in [0.1, 0.15) is 0 Å². The highest BCUT2D eigenvalue weighted by Gasteiger charge is 2.59. The number of nitrogens with zero attached hydrogens (tertiary/aromatic N) is 2. The van der Waals surface area contributed by atoms with Crippen molar-refractivity contribution in [2.24, 2.45) is 51.5 Å². The van der Waals surface area contributed by atoms with Crippen LogP contribution in [-0.2, 0) is 9.63 Å². The van der Waals surface area contributed by atoms with E-state index >= 15 is 0 Å². The molecular formula is C32H53N3O3. The lowest BCUT2D eigenvalue weighted by Gasteiger charge is -2.58. The van der Waals surface area contributed by atoms with Crippen LogP contribution in [-0.4, -0.2) is 48.7 Å². The maximum absolute atomic E-state index is 13.0. The van der Waals surface area contributed by atoms with Gasteiger partial charge in [0.05, 0.1) is 5.71 Å². The Labute approximate surface area is 231 Å². The molecule has 0 aromatic carbocycles. The molecule has 0 unspecified atom stereocenters. The van der Waals surface area contributed by atoms with E-state index in [-0.39, 0.29) is 16.9 Å². The molecule has 0 bridgehead atoms. The SMILES string of the molecule is C/C(=N\OC(=O)N(CCNCC(C)C)CC(C)C)[C@H]1CC[C@H]2[C@@H]3CCC4=CC(=O)CC[C@]4(C)[C@H]3CC[C@]12C. The van der Waals surface area contributed by atoms with Crippen LogP contribution in [0.25, 0.3) is 0 Å². The first-order valence-corrected chi connectivity index (χ1v) is 15.4. The summed E-state index contributed by atoms with van der Waals surface area (Å²) < 4.78 is 0. The van der Waals surface area contributed by atoms with Crippen molar-refractivity contribution in [2.45, 2.75) is 99.8 Å². The van der Waals surface area contributed by atoms with Crippen LogP contribution in [0.4, 0.5) is 4.79 Å². The molecule has 38 heavy (non-hydrogen) atoms. The van der Waals surface area contributed by atoms with Gasteiger partial charge in [0, 0.05) is 32.0 Å². The number of carbonyl (C=O) groups excluding carboxylic acids is 2. The first kappa shape index (κ1) is 29.3. The second-order valence-electron chi connectivity index (χ2n) is 14.2. The van der Waals surface area contributed by atoms with Crippen molar-refractivity contribution in [3.8, 4) is 0 Å². The topological polar surface area (TPSA) is 71.0 Å². The molecule has 0 radical (unpaired) electrons. The van der Waals surface area contributed by atoms with E-state index in [2.05, 4.69) is 58.9 Å². The Kier molecular flexibility index (Phi) is 9.11. The number of oxime groups is 1. The molecule has 0 saturated heterocycles. The van der Waals surface area contributed by atoms with E-state index in [4.69, 9.17) is 4.84 Å². The molecule has 0 aromatic heterocycles. The molecule has 0 spiro atoms. The number of rotatable bonds is 9. The summed E-state index contributed by atoms with van der Waals surface area (Å²) in [6.45, 7) is 18.6. The zero-order valence-corrected chi connectivity index (χ0v) is 25.1. The normalized spacial score (nSPS) is 35.0. The second-order valence-corrected chi connectivity index (χ2v) is 14.2. The summed E-state index contributed by atoms with van der Waals surface area (Å²) in [5, 5.41) is 7.91. The van der Waals surface area contributed by atoms with Gasteiger partial charge in [-0.05, 0) is 105 Å². The summed E-state index contributed by atoms with van der Waals surface area (Å²) in [7, 11) is 0. The van der Waals surface area contributed by atoms with Crippen LogP contribution >= 0.6 is 0 Å². The van der Waals surface area contributed by atoms with Crippen LogP contribution in [0, 0.1) is 46.3 Å². The van der Waals surface area contributed by atoms with Gasteiger partial charge in [0.15, 0.2) is 5.78 Å². The molecule has 6 heteroatoms. The lowest BCUT2D eigenvalue weighted by Crippen LogP contribution is -2.51. The van der Waals surface area contributed by atoms with E-state index in [0.717, 1.165) is 44.0 Å². The van der Waals surface area contributed by atoms with Gasteiger partial charge in [-0.25, -0.2) is 4.79 Å². The molecular weight excluding hydrogens is 474 g/mol. The minimum absolute atomic E-state index is 0.207. The molecule has 6 nitrogen and oxygen atoms in total. The number of hydrogen-bond acceptors (Lipinski definition) is 5. The van der Waals surface area contributed by atoms with Gasteiger partial charge in [-0.2, -0.15) is 0 Å². The van der Waals surface area contributed by atoms with Crippen molar-refractivity contribution in [3.63, 3.8) is 0 Å².